The molecule has 1 heterocycles. The normalized spacial score (nSPS) is 37.9. The number of aliphatic hydroxyl groups excluding tert-OH is 1. The van der Waals surface area contributed by atoms with Crippen LogP contribution in [0.3, 0.4) is 0 Å². The molecule has 0 saturated carbocycles. The molecule has 3 atom stereocenters. The summed E-state index contributed by atoms with van der Waals surface area (Å²) in [5.74, 6) is 0.0462. The highest BCUT2D eigenvalue weighted by Gasteiger charge is 2.34. The fraction of sp³-hybridized carbons (Fsp3) is 1.00. The highest BCUT2D eigenvalue weighted by Crippen LogP contribution is 2.26. The molecule has 4 heteroatoms. The molecular formula is C7H14O4. The van der Waals surface area contributed by atoms with Gasteiger partial charge in [0.2, 0.25) is 0 Å². The van der Waals surface area contributed by atoms with Crippen molar-refractivity contribution in [2.45, 2.75) is 19.0 Å². The van der Waals surface area contributed by atoms with Crippen molar-refractivity contribution < 1.29 is 19.3 Å². The molecule has 11 heavy (non-hydrogen) atoms. The maximum atomic E-state index is 8.87. The lowest BCUT2D eigenvalue weighted by molar-refractivity contribution is -0.194. The van der Waals surface area contributed by atoms with Crippen LogP contribution in [0.4, 0.5) is 0 Å². The Labute approximate surface area is 66.1 Å². The van der Waals surface area contributed by atoms with E-state index in [4.69, 9.17) is 19.3 Å². The number of aliphatic hydroxyl groups is 1. The van der Waals surface area contributed by atoms with Gasteiger partial charge in [-0.15, -0.1) is 0 Å². The highest BCUT2D eigenvalue weighted by molar-refractivity contribution is 4.71. The van der Waals surface area contributed by atoms with Crippen LogP contribution >= 0.6 is 0 Å². The summed E-state index contributed by atoms with van der Waals surface area (Å²) in [4.78, 5) is 0. The molecule has 0 spiro atoms. The Morgan fingerprint density at radius 2 is 2.18 bits per heavy atom. The molecule has 1 aliphatic rings. The van der Waals surface area contributed by atoms with Crippen LogP contribution in [0, 0.1) is 5.92 Å². The zero-order valence-corrected chi connectivity index (χ0v) is 6.82. The van der Waals surface area contributed by atoms with Crippen LogP contribution in [0.25, 0.3) is 0 Å². The van der Waals surface area contributed by atoms with Crippen LogP contribution < -0.4 is 0 Å². The minimum Gasteiger partial charge on any atom is -0.396 e. The van der Waals surface area contributed by atoms with E-state index in [1.54, 1.807) is 14.2 Å². The average Bonchev–Trinajstić information content (AvgIpc) is 2.46. The third-order valence-corrected chi connectivity index (χ3v) is 1.90. The topological polar surface area (TPSA) is 47.9 Å². The molecule has 66 valence electrons. The van der Waals surface area contributed by atoms with E-state index in [2.05, 4.69) is 0 Å². The second-order valence-electron chi connectivity index (χ2n) is 2.58. The van der Waals surface area contributed by atoms with Crippen LogP contribution in [-0.2, 0) is 14.2 Å². The van der Waals surface area contributed by atoms with Crippen molar-refractivity contribution >= 4 is 0 Å². The van der Waals surface area contributed by atoms with Gasteiger partial charge < -0.3 is 19.3 Å². The van der Waals surface area contributed by atoms with Crippen LogP contribution in [0.5, 0.6) is 0 Å². The monoisotopic (exact) mass is 162 g/mol. The maximum absolute atomic E-state index is 8.87. The van der Waals surface area contributed by atoms with Crippen molar-refractivity contribution in [2.75, 3.05) is 20.8 Å². The Kier molecular flexibility index (Phi) is 3.26. The van der Waals surface area contributed by atoms with E-state index in [0.717, 1.165) is 0 Å². The van der Waals surface area contributed by atoms with E-state index < -0.39 is 0 Å². The first-order valence-corrected chi connectivity index (χ1v) is 3.63. The van der Waals surface area contributed by atoms with E-state index >= 15 is 0 Å². The summed E-state index contributed by atoms with van der Waals surface area (Å²) in [6.45, 7) is 0.0817. The maximum Gasteiger partial charge on any atom is 0.165 e. The highest BCUT2D eigenvalue weighted by atomic mass is 16.8. The molecule has 0 aromatic heterocycles. The first-order valence-electron chi connectivity index (χ1n) is 3.63. The van der Waals surface area contributed by atoms with E-state index in [1.807, 2.05) is 0 Å². The first-order chi connectivity index (χ1) is 5.31. The molecule has 1 N–H and O–H groups in total. The Hall–Kier alpha value is -0.160. The molecular weight excluding hydrogens is 148 g/mol. The summed E-state index contributed by atoms with van der Waals surface area (Å²) in [6.07, 6.45) is 0.160. The van der Waals surface area contributed by atoms with Crippen molar-refractivity contribution in [3.8, 4) is 0 Å². The lowest BCUT2D eigenvalue weighted by Crippen LogP contribution is -2.21. The van der Waals surface area contributed by atoms with Crippen molar-refractivity contribution in [3.63, 3.8) is 0 Å². The van der Waals surface area contributed by atoms with Gasteiger partial charge in [-0.05, 0) is 0 Å². The van der Waals surface area contributed by atoms with Gasteiger partial charge in [0.05, 0.1) is 6.61 Å². The number of methoxy groups -OCH3 is 2. The van der Waals surface area contributed by atoms with Crippen LogP contribution in [0.15, 0.2) is 0 Å². The number of ether oxygens (including phenoxy) is 3. The minimum atomic E-state index is -0.315. The van der Waals surface area contributed by atoms with Gasteiger partial charge in [-0.25, -0.2) is 0 Å². The fourth-order valence-corrected chi connectivity index (χ4v) is 1.23. The molecule has 0 aromatic rings. The standard InChI is InChI=1S/C7H14O4/c1-9-6-3-5(4-8)7(10-2)11-6/h5-8H,3-4H2,1-2H3. The fourth-order valence-electron chi connectivity index (χ4n) is 1.23. The van der Waals surface area contributed by atoms with Gasteiger partial charge >= 0.3 is 0 Å². The molecule has 0 radical (unpaired) electrons. The van der Waals surface area contributed by atoms with Crippen molar-refractivity contribution in [1.29, 1.82) is 0 Å². The Balaban J connectivity index is 2.41. The quantitative estimate of drug-likeness (QED) is 0.632. The molecule has 0 bridgehead atoms. The Bertz CT molecular complexity index is 105. The SMILES string of the molecule is COC1CC(CO)C(OC)O1. The molecule has 1 aliphatic heterocycles. The molecule has 4 nitrogen and oxygen atoms in total. The summed E-state index contributed by atoms with van der Waals surface area (Å²) in [5, 5.41) is 8.87. The number of rotatable bonds is 3. The Morgan fingerprint density at radius 3 is 2.55 bits per heavy atom. The molecule has 0 aromatic carbocycles. The summed E-state index contributed by atoms with van der Waals surface area (Å²) in [6, 6.07) is 0. The van der Waals surface area contributed by atoms with Gasteiger partial charge in [-0.1, -0.05) is 0 Å². The zero-order valence-electron chi connectivity index (χ0n) is 6.82. The molecule has 0 amide bonds. The smallest absolute Gasteiger partial charge is 0.165 e. The van der Waals surface area contributed by atoms with Crippen LogP contribution in [-0.4, -0.2) is 38.5 Å². The second-order valence-corrected chi connectivity index (χ2v) is 2.58. The molecule has 3 unspecified atom stereocenters. The minimum absolute atomic E-state index is 0.0462. The van der Waals surface area contributed by atoms with Gasteiger partial charge in [0.15, 0.2) is 12.6 Å². The van der Waals surface area contributed by atoms with E-state index in [0.29, 0.717) is 6.42 Å². The van der Waals surface area contributed by atoms with Crippen LogP contribution in [0.1, 0.15) is 6.42 Å². The van der Waals surface area contributed by atoms with Gasteiger partial charge in [0.25, 0.3) is 0 Å². The third-order valence-electron chi connectivity index (χ3n) is 1.90. The zero-order chi connectivity index (χ0) is 8.27. The Morgan fingerprint density at radius 1 is 1.45 bits per heavy atom. The summed E-state index contributed by atoms with van der Waals surface area (Å²) in [7, 11) is 3.14. The lowest BCUT2D eigenvalue weighted by Gasteiger charge is -2.13. The average molecular weight is 162 g/mol. The summed E-state index contributed by atoms with van der Waals surface area (Å²) in [5.41, 5.74) is 0. The van der Waals surface area contributed by atoms with Crippen LogP contribution in [0.2, 0.25) is 0 Å². The van der Waals surface area contributed by atoms with Crippen molar-refractivity contribution in [1.82, 2.24) is 0 Å². The molecule has 1 saturated heterocycles. The predicted octanol–water partition coefficient (Wildman–Crippen LogP) is -0.0398. The second kappa shape index (κ2) is 4.01. The first kappa shape index (κ1) is 8.93. The van der Waals surface area contributed by atoms with Crippen molar-refractivity contribution in [3.05, 3.63) is 0 Å². The predicted molar refractivity (Wildman–Crippen MR) is 37.9 cm³/mol. The van der Waals surface area contributed by atoms with Gasteiger partial charge in [0, 0.05) is 26.6 Å². The lowest BCUT2D eigenvalue weighted by atomic mass is 10.1. The number of hydrogen-bond acceptors (Lipinski definition) is 4. The summed E-state index contributed by atoms with van der Waals surface area (Å²) >= 11 is 0. The molecule has 0 aliphatic carbocycles. The van der Waals surface area contributed by atoms with Crippen molar-refractivity contribution in [2.24, 2.45) is 5.92 Å². The van der Waals surface area contributed by atoms with Gasteiger partial charge in [-0.3, -0.25) is 0 Å². The van der Waals surface area contributed by atoms with E-state index in [-0.39, 0.29) is 25.1 Å². The van der Waals surface area contributed by atoms with Gasteiger partial charge in [-0.2, -0.15) is 0 Å². The van der Waals surface area contributed by atoms with E-state index in [1.165, 1.54) is 0 Å². The number of hydrogen-bond donors (Lipinski definition) is 1. The molecule has 1 rings (SSSR count). The van der Waals surface area contributed by atoms with Gasteiger partial charge in [0.1, 0.15) is 0 Å². The molecule has 1 fully saturated rings. The third kappa shape index (κ3) is 1.90. The largest absolute Gasteiger partial charge is 0.396 e. The van der Waals surface area contributed by atoms with E-state index in [9.17, 15) is 0 Å². The summed E-state index contributed by atoms with van der Waals surface area (Å²) < 4.78 is 15.2.